The lowest BCUT2D eigenvalue weighted by Crippen LogP contribution is -2.09. The Bertz CT molecular complexity index is 316. The molecule has 0 aromatic carbocycles. The van der Waals surface area contributed by atoms with Gasteiger partial charge in [0.25, 0.3) is 0 Å². The quantitative estimate of drug-likeness (QED) is 0.606. The van der Waals surface area contributed by atoms with Gasteiger partial charge in [-0.25, -0.2) is 0 Å². The van der Waals surface area contributed by atoms with E-state index < -0.39 is 0 Å². The molecule has 2 aliphatic rings. The van der Waals surface area contributed by atoms with Gasteiger partial charge in [0.05, 0.1) is 6.10 Å². The molecule has 0 bridgehead atoms. The molecule has 0 amide bonds. The zero-order valence-electron chi connectivity index (χ0n) is 12.4. The Hall–Kier alpha value is -1.11. The monoisotopic (exact) mass is 265 g/mol. The van der Waals surface area contributed by atoms with Crippen molar-refractivity contribution in [1.29, 1.82) is 0 Å². The van der Waals surface area contributed by atoms with Crippen molar-refractivity contribution in [2.75, 3.05) is 0 Å². The SMILES string of the molecule is C#C.CCC(=O)C1=CC[C@@H]2N[C@@H]2C1.CCC(O)CC. The second kappa shape index (κ2) is 9.77. The van der Waals surface area contributed by atoms with E-state index in [4.69, 9.17) is 5.11 Å². The molecule has 0 saturated carbocycles. The highest BCUT2D eigenvalue weighted by Crippen LogP contribution is 2.29. The van der Waals surface area contributed by atoms with Gasteiger partial charge in [0, 0.05) is 18.5 Å². The number of hydrogen-bond donors (Lipinski definition) is 2. The molecule has 3 heteroatoms. The van der Waals surface area contributed by atoms with Crippen LogP contribution in [0.4, 0.5) is 0 Å². The molecule has 0 aromatic rings. The molecular weight excluding hydrogens is 238 g/mol. The summed E-state index contributed by atoms with van der Waals surface area (Å²) < 4.78 is 0. The van der Waals surface area contributed by atoms with Gasteiger partial charge in [0.2, 0.25) is 0 Å². The molecular formula is C16H27NO2. The second-order valence-corrected chi connectivity index (χ2v) is 4.80. The van der Waals surface area contributed by atoms with Crippen LogP contribution in [0.1, 0.15) is 52.9 Å². The number of carbonyl (C=O) groups is 1. The van der Waals surface area contributed by atoms with E-state index in [0.717, 1.165) is 31.3 Å². The van der Waals surface area contributed by atoms with E-state index in [-0.39, 0.29) is 6.10 Å². The first kappa shape index (κ1) is 17.9. The third kappa shape index (κ3) is 6.56. The predicted molar refractivity (Wildman–Crippen MR) is 79.8 cm³/mol. The molecule has 0 aromatic heterocycles. The summed E-state index contributed by atoms with van der Waals surface area (Å²) >= 11 is 0. The first-order valence-corrected chi connectivity index (χ1v) is 7.11. The highest BCUT2D eigenvalue weighted by Gasteiger charge is 2.38. The molecule has 0 radical (unpaired) electrons. The first-order valence-electron chi connectivity index (χ1n) is 7.11. The van der Waals surface area contributed by atoms with Gasteiger partial charge >= 0.3 is 0 Å². The summed E-state index contributed by atoms with van der Waals surface area (Å²) in [5.41, 5.74) is 1.05. The van der Waals surface area contributed by atoms with E-state index >= 15 is 0 Å². The summed E-state index contributed by atoms with van der Waals surface area (Å²) in [5.74, 6) is 0.331. The maximum absolute atomic E-state index is 11.2. The van der Waals surface area contributed by atoms with Crippen LogP contribution >= 0.6 is 0 Å². The average Bonchev–Trinajstić information content (AvgIpc) is 3.26. The number of carbonyl (C=O) groups excluding carboxylic acids is 1. The lowest BCUT2D eigenvalue weighted by Gasteiger charge is -2.07. The number of Topliss-reactive ketones (excluding diaryl/α,β-unsaturated/α-hetero) is 1. The van der Waals surface area contributed by atoms with Crippen molar-refractivity contribution in [3.8, 4) is 12.8 Å². The molecule has 1 fully saturated rings. The van der Waals surface area contributed by atoms with Crippen LogP contribution < -0.4 is 5.32 Å². The number of hydrogen-bond acceptors (Lipinski definition) is 3. The zero-order chi connectivity index (χ0) is 14.8. The minimum Gasteiger partial charge on any atom is -0.393 e. The summed E-state index contributed by atoms with van der Waals surface area (Å²) in [4.78, 5) is 11.2. The smallest absolute Gasteiger partial charge is 0.158 e. The van der Waals surface area contributed by atoms with E-state index in [2.05, 4.69) is 24.2 Å². The van der Waals surface area contributed by atoms with Crippen molar-refractivity contribution in [3.63, 3.8) is 0 Å². The number of aliphatic hydroxyl groups excluding tert-OH is 1. The zero-order valence-corrected chi connectivity index (χ0v) is 12.4. The van der Waals surface area contributed by atoms with Crippen molar-refractivity contribution >= 4 is 5.78 Å². The van der Waals surface area contributed by atoms with Gasteiger partial charge in [-0.1, -0.05) is 26.8 Å². The third-order valence-corrected chi connectivity index (χ3v) is 3.48. The summed E-state index contributed by atoms with van der Waals surface area (Å²) in [6, 6.07) is 1.33. The fourth-order valence-corrected chi connectivity index (χ4v) is 1.99. The Balaban J connectivity index is 0.000000350. The van der Waals surface area contributed by atoms with Crippen molar-refractivity contribution < 1.29 is 9.90 Å². The van der Waals surface area contributed by atoms with Crippen molar-refractivity contribution in [2.45, 2.75) is 71.1 Å². The van der Waals surface area contributed by atoms with Crippen LogP contribution in [-0.4, -0.2) is 29.1 Å². The molecule has 0 unspecified atom stereocenters. The Morgan fingerprint density at radius 2 is 1.95 bits per heavy atom. The van der Waals surface area contributed by atoms with Gasteiger partial charge < -0.3 is 10.4 Å². The van der Waals surface area contributed by atoms with Gasteiger partial charge in [-0.2, -0.15) is 0 Å². The molecule has 2 rings (SSSR count). The maximum atomic E-state index is 11.2. The number of terminal acetylenes is 1. The van der Waals surface area contributed by atoms with Crippen molar-refractivity contribution in [1.82, 2.24) is 5.32 Å². The number of ketones is 1. The molecule has 1 heterocycles. The minimum absolute atomic E-state index is 0.0648. The lowest BCUT2D eigenvalue weighted by atomic mass is 9.95. The van der Waals surface area contributed by atoms with Crippen LogP contribution in [0.3, 0.4) is 0 Å². The average molecular weight is 265 g/mol. The topological polar surface area (TPSA) is 59.2 Å². The Kier molecular flexibility index (Phi) is 9.20. The summed E-state index contributed by atoms with van der Waals surface area (Å²) in [6.45, 7) is 5.89. The summed E-state index contributed by atoms with van der Waals surface area (Å²) in [7, 11) is 0. The molecule has 3 nitrogen and oxygen atoms in total. The largest absolute Gasteiger partial charge is 0.393 e. The van der Waals surface area contributed by atoms with Gasteiger partial charge in [0.15, 0.2) is 5.78 Å². The van der Waals surface area contributed by atoms with Gasteiger partial charge in [0.1, 0.15) is 0 Å². The molecule has 1 saturated heterocycles. The van der Waals surface area contributed by atoms with Crippen LogP contribution in [0.2, 0.25) is 0 Å². The Morgan fingerprint density at radius 3 is 2.32 bits per heavy atom. The highest BCUT2D eigenvalue weighted by atomic mass is 16.3. The van der Waals surface area contributed by atoms with Gasteiger partial charge in [-0.05, 0) is 31.3 Å². The van der Waals surface area contributed by atoms with Crippen LogP contribution in [-0.2, 0) is 4.79 Å². The molecule has 1 aliphatic heterocycles. The molecule has 108 valence electrons. The molecule has 0 spiro atoms. The van der Waals surface area contributed by atoms with Crippen molar-refractivity contribution in [2.24, 2.45) is 0 Å². The second-order valence-electron chi connectivity index (χ2n) is 4.80. The number of rotatable bonds is 4. The van der Waals surface area contributed by atoms with E-state index in [0.29, 0.717) is 24.3 Å². The van der Waals surface area contributed by atoms with Crippen molar-refractivity contribution in [3.05, 3.63) is 11.6 Å². The van der Waals surface area contributed by atoms with E-state index in [1.54, 1.807) is 0 Å². The minimum atomic E-state index is -0.0648. The number of aliphatic hydroxyl groups is 1. The highest BCUT2D eigenvalue weighted by molar-refractivity contribution is 5.95. The van der Waals surface area contributed by atoms with Crippen LogP contribution in [0.15, 0.2) is 11.6 Å². The molecule has 19 heavy (non-hydrogen) atoms. The number of nitrogens with one attached hydrogen (secondary N) is 1. The fourth-order valence-electron chi connectivity index (χ4n) is 1.99. The standard InChI is InChI=1S/C9H13NO.C5H12O.C2H2/c1-2-9(11)6-3-4-7-8(5-6)10-7;1-3-5(6)4-2;1-2/h3,7-8,10H,2,4-5H2,1H3;5-6H,3-4H2,1-2H3;1-2H/t7-,8+;;/m0../s1. The Labute approximate surface area is 117 Å². The molecule has 1 aliphatic carbocycles. The normalized spacial score (nSPS) is 23.0. The number of fused-ring (bicyclic) bond motifs is 1. The van der Waals surface area contributed by atoms with E-state index in [1.165, 1.54) is 0 Å². The fraction of sp³-hybridized carbons (Fsp3) is 0.688. The predicted octanol–water partition coefficient (Wildman–Crippen LogP) is 2.44. The van der Waals surface area contributed by atoms with Gasteiger partial charge in [-0.15, -0.1) is 12.8 Å². The first-order chi connectivity index (χ1) is 9.12. The van der Waals surface area contributed by atoms with Crippen LogP contribution in [0, 0.1) is 12.8 Å². The lowest BCUT2D eigenvalue weighted by molar-refractivity contribution is -0.115. The van der Waals surface area contributed by atoms with E-state index in [9.17, 15) is 4.79 Å². The van der Waals surface area contributed by atoms with Crippen LogP contribution in [0.5, 0.6) is 0 Å². The molecule has 2 atom stereocenters. The van der Waals surface area contributed by atoms with E-state index in [1.807, 2.05) is 20.8 Å². The van der Waals surface area contributed by atoms with Gasteiger partial charge in [-0.3, -0.25) is 4.79 Å². The Morgan fingerprint density at radius 1 is 1.37 bits per heavy atom. The maximum Gasteiger partial charge on any atom is 0.158 e. The summed E-state index contributed by atoms with van der Waals surface area (Å²) in [5, 5.41) is 12.0. The molecule has 2 N–H and O–H groups in total. The third-order valence-electron chi connectivity index (χ3n) is 3.48. The summed E-state index contributed by atoms with van der Waals surface area (Å²) in [6.07, 6.45) is 14.5. The van der Waals surface area contributed by atoms with Crippen LogP contribution in [0.25, 0.3) is 0 Å².